The molecule has 2 aromatic rings. The molecule has 0 saturated carbocycles. The van der Waals surface area contributed by atoms with Crippen LogP contribution in [0.5, 0.6) is 17.2 Å². The summed E-state index contributed by atoms with van der Waals surface area (Å²) < 4.78 is 5.80. The highest BCUT2D eigenvalue weighted by atomic mass is 16.5. The van der Waals surface area contributed by atoms with Crippen LogP contribution in [-0.4, -0.2) is 22.9 Å². The minimum Gasteiger partial charge on any atom is -0.504 e. The lowest BCUT2D eigenvalue weighted by atomic mass is 9.76. The van der Waals surface area contributed by atoms with Crippen LogP contribution in [0.3, 0.4) is 0 Å². The van der Waals surface area contributed by atoms with Gasteiger partial charge in [0.2, 0.25) is 0 Å². The molecule has 2 aliphatic heterocycles. The molecule has 4 nitrogen and oxygen atoms in total. The molecule has 4 rings (SSSR count). The van der Waals surface area contributed by atoms with E-state index in [0.29, 0.717) is 18.4 Å². The van der Waals surface area contributed by atoms with E-state index in [1.54, 1.807) is 6.07 Å². The quantitative estimate of drug-likeness (QED) is 0.708. The summed E-state index contributed by atoms with van der Waals surface area (Å²) in [5.74, 6) is 0.552. The van der Waals surface area contributed by atoms with Gasteiger partial charge < -0.3 is 20.3 Å². The van der Waals surface area contributed by atoms with Gasteiger partial charge in [-0.25, -0.2) is 0 Å². The summed E-state index contributed by atoms with van der Waals surface area (Å²) in [5.41, 5.74) is 3.53. The monoisotopic (exact) mass is 297 g/mol. The van der Waals surface area contributed by atoms with Gasteiger partial charge in [-0.05, 0) is 23.6 Å². The van der Waals surface area contributed by atoms with Crippen molar-refractivity contribution in [2.24, 2.45) is 0 Å². The number of phenolic OH excluding ortho intramolecular Hbond substituents is 2. The largest absolute Gasteiger partial charge is 0.504 e. The van der Waals surface area contributed by atoms with Crippen molar-refractivity contribution in [2.45, 2.75) is 31.3 Å². The molecule has 0 spiro atoms. The summed E-state index contributed by atoms with van der Waals surface area (Å²) in [7, 11) is 0. The van der Waals surface area contributed by atoms with Crippen molar-refractivity contribution in [3.63, 3.8) is 0 Å². The Kier molecular flexibility index (Phi) is 3.01. The van der Waals surface area contributed by atoms with Crippen molar-refractivity contribution >= 4 is 0 Å². The Hall–Kier alpha value is -2.20. The molecular formula is C18H19NO3. The molecular weight excluding hydrogens is 278 g/mol. The third-order valence-electron chi connectivity index (χ3n) is 4.79. The van der Waals surface area contributed by atoms with Gasteiger partial charge in [0.15, 0.2) is 11.5 Å². The van der Waals surface area contributed by atoms with Gasteiger partial charge in [-0.2, -0.15) is 0 Å². The molecule has 0 aromatic heterocycles. The highest BCUT2D eigenvalue weighted by molar-refractivity contribution is 5.56. The number of fused-ring (bicyclic) bond motifs is 5. The molecule has 22 heavy (non-hydrogen) atoms. The zero-order valence-corrected chi connectivity index (χ0v) is 12.4. The van der Waals surface area contributed by atoms with Crippen molar-refractivity contribution in [3.05, 3.63) is 53.1 Å². The summed E-state index contributed by atoms with van der Waals surface area (Å²) in [6, 6.07) is 12.1. The first kappa shape index (κ1) is 13.5. The molecule has 2 aromatic carbocycles. The first-order valence-electron chi connectivity index (χ1n) is 7.72. The smallest absolute Gasteiger partial charge is 0.161 e. The Morgan fingerprint density at radius 3 is 2.59 bits per heavy atom. The van der Waals surface area contributed by atoms with Crippen LogP contribution in [0.25, 0.3) is 0 Å². The molecule has 0 bridgehead atoms. The maximum atomic E-state index is 9.89. The second-order valence-corrected chi connectivity index (χ2v) is 6.03. The summed E-state index contributed by atoms with van der Waals surface area (Å²) in [6.07, 6.45) is 1.02. The molecule has 0 fully saturated rings. The molecule has 0 aliphatic carbocycles. The van der Waals surface area contributed by atoms with Crippen LogP contribution in [0.4, 0.5) is 0 Å². The summed E-state index contributed by atoms with van der Waals surface area (Å²) in [5, 5.41) is 23.3. The molecule has 2 aliphatic rings. The maximum Gasteiger partial charge on any atom is 0.161 e. The lowest BCUT2D eigenvalue weighted by Crippen LogP contribution is -2.48. The second kappa shape index (κ2) is 4.92. The van der Waals surface area contributed by atoms with Gasteiger partial charge in [-0.1, -0.05) is 31.2 Å². The van der Waals surface area contributed by atoms with Gasteiger partial charge in [0.05, 0.1) is 6.04 Å². The van der Waals surface area contributed by atoms with Crippen LogP contribution in [-0.2, 0) is 0 Å². The summed E-state index contributed by atoms with van der Waals surface area (Å²) >= 11 is 0. The molecule has 0 amide bonds. The fraction of sp³-hybridized carbons (Fsp3) is 0.333. The molecule has 3 N–H and O–H groups in total. The van der Waals surface area contributed by atoms with Gasteiger partial charge in [0.1, 0.15) is 12.4 Å². The number of aromatic hydroxyl groups is 2. The van der Waals surface area contributed by atoms with Crippen molar-refractivity contribution in [2.75, 3.05) is 6.61 Å². The van der Waals surface area contributed by atoms with Crippen LogP contribution >= 0.6 is 0 Å². The summed E-state index contributed by atoms with van der Waals surface area (Å²) in [6.45, 7) is 2.74. The van der Waals surface area contributed by atoms with Crippen molar-refractivity contribution < 1.29 is 14.9 Å². The minimum absolute atomic E-state index is 0.0990. The maximum absolute atomic E-state index is 9.89. The van der Waals surface area contributed by atoms with Gasteiger partial charge in [-0.3, -0.25) is 0 Å². The van der Waals surface area contributed by atoms with Crippen LogP contribution < -0.4 is 10.1 Å². The minimum atomic E-state index is -0.138. The third kappa shape index (κ3) is 1.87. The van der Waals surface area contributed by atoms with E-state index in [1.165, 1.54) is 17.2 Å². The highest BCUT2D eigenvalue weighted by Gasteiger charge is 2.39. The Bertz CT molecular complexity index is 728. The predicted molar refractivity (Wildman–Crippen MR) is 83.5 cm³/mol. The van der Waals surface area contributed by atoms with Gasteiger partial charge in [0, 0.05) is 23.6 Å². The molecule has 2 heterocycles. The number of nitrogens with one attached hydrogen (secondary N) is 1. The lowest BCUT2D eigenvalue weighted by Gasteiger charge is -2.42. The number of rotatable bonds is 1. The van der Waals surface area contributed by atoms with E-state index in [9.17, 15) is 10.2 Å². The number of hydrogen-bond acceptors (Lipinski definition) is 4. The number of ether oxygens (including phenoxy) is 1. The lowest BCUT2D eigenvalue weighted by molar-refractivity contribution is 0.200. The predicted octanol–water partition coefficient (Wildman–Crippen LogP) is 3.05. The Morgan fingerprint density at radius 1 is 1.09 bits per heavy atom. The van der Waals surface area contributed by atoms with E-state index in [4.69, 9.17) is 4.74 Å². The second-order valence-electron chi connectivity index (χ2n) is 6.03. The average molecular weight is 297 g/mol. The van der Waals surface area contributed by atoms with E-state index in [-0.39, 0.29) is 23.5 Å². The van der Waals surface area contributed by atoms with E-state index in [0.717, 1.165) is 12.0 Å². The van der Waals surface area contributed by atoms with Gasteiger partial charge >= 0.3 is 0 Å². The molecule has 0 saturated heterocycles. The van der Waals surface area contributed by atoms with E-state index < -0.39 is 0 Å². The van der Waals surface area contributed by atoms with E-state index >= 15 is 0 Å². The van der Waals surface area contributed by atoms with Crippen LogP contribution in [0, 0.1) is 0 Å². The normalized spacial score (nSPS) is 25.6. The zero-order chi connectivity index (χ0) is 15.3. The van der Waals surface area contributed by atoms with Gasteiger partial charge in [-0.15, -0.1) is 0 Å². The SMILES string of the molecule is CCC1NC2COc3cc(O)c(O)cc3C2c2ccccc21. The third-order valence-corrected chi connectivity index (χ3v) is 4.79. The van der Waals surface area contributed by atoms with Crippen LogP contribution in [0.1, 0.15) is 42.0 Å². The molecule has 0 radical (unpaired) electrons. The van der Waals surface area contributed by atoms with Gasteiger partial charge in [0.25, 0.3) is 0 Å². The van der Waals surface area contributed by atoms with Crippen molar-refractivity contribution in [1.29, 1.82) is 0 Å². The average Bonchev–Trinajstić information content (AvgIpc) is 2.55. The number of hydrogen-bond donors (Lipinski definition) is 3. The zero-order valence-electron chi connectivity index (χ0n) is 12.4. The van der Waals surface area contributed by atoms with E-state index in [1.807, 2.05) is 0 Å². The van der Waals surface area contributed by atoms with Crippen LogP contribution in [0.2, 0.25) is 0 Å². The van der Waals surface area contributed by atoms with E-state index in [2.05, 4.69) is 36.5 Å². The Morgan fingerprint density at radius 2 is 1.82 bits per heavy atom. The Balaban J connectivity index is 1.90. The fourth-order valence-electron chi connectivity index (χ4n) is 3.76. The molecule has 3 atom stereocenters. The summed E-state index contributed by atoms with van der Waals surface area (Å²) in [4.78, 5) is 0. The highest BCUT2D eigenvalue weighted by Crippen LogP contribution is 2.47. The molecule has 114 valence electrons. The standard InChI is InChI=1S/C18H19NO3/c1-2-13-10-5-3-4-6-11(10)18-12-7-15(20)16(21)8-17(12)22-9-14(18)19-13/h3-8,13-14,18-21H,2,9H2,1H3. The molecule has 4 heteroatoms. The molecule has 3 unspecified atom stereocenters. The Labute approximate surface area is 129 Å². The first-order chi connectivity index (χ1) is 10.7. The van der Waals surface area contributed by atoms with Crippen molar-refractivity contribution in [1.82, 2.24) is 5.32 Å². The first-order valence-corrected chi connectivity index (χ1v) is 7.72. The van der Waals surface area contributed by atoms with Crippen LogP contribution in [0.15, 0.2) is 36.4 Å². The van der Waals surface area contributed by atoms with Crippen molar-refractivity contribution in [3.8, 4) is 17.2 Å². The number of phenols is 2. The fourth-order valence-corrected chi connectivity index (χ4v) is 3.76. The number of benzene rings is 2. The topological polar surface area (TPSA) is 61.7 Å².